The van der Waals surface area contributed by atoms with Crippen LogP contribution in [0.5, 0.6) is 0 Å². The molecule has 0 bridgehead atoms. The maximum Gasteiger partial charge on any atom is 0.0932 e. The van der Waals surface area contributed by atoms with Gasteiger partial charge < -0.3 is 15.2 Å². The van der Waals surface area contributed by atoms with E-state index in [2.05, 4.69) is 24.3 Å². The Labute approximate surface area is 107 Å². The van der Waals surface area contributed by atoms with Crippen LogP contribution in [0.25, 0.3) is 0 Å². The molecular weight excluding hydrogens is 230 g/mol. The number of hydrogen-bond acceptors (Lipinski definition) is 4. The minimum atomic E-state index is -0.298. The lowest BCUT2D eigenvalue weighted by Crippen LogP contribution is -2.59. The third kappa shape index (κ3) is 1.96. The van der Waals surface area contributed by atoms with Crippen molar-refractivity contribution in [2.24, 2.45) is 0 Å². The number of nitrogens with one attached hydrogen (secondary N) is 1. The number of nitrogens with zero attached hydrogens (tertiary/aromatic N) is 2. The number of hydrogen-bond donors (Lipinski definition) is 2. The smallest absolute Gasteiger partial charge is 0.0932 e. The number of aromatic nitrogens is 2. The van der Waals surface area contributed by atoms with Crippen LogP contribution in [0, 0.1) is 0 Å². The Morgan fingerprint density at radius 2 is 2.33 bits per heavy atom. The number of aliphatic hydroxyl groups is 1. The van der Waals surface area contributed by atoms with Crippen LogP contribution in [-0.2, 0) is 4.74 Å². The highest BCUT2D eigenvalue weighted by atomic mass is 16.5. The molecule has 0 aromatic carbocycles. The monoisotopic (exact) mass is 251 g/mol. The van der Waals surface area contributed by atoms with Crippen LogP contribution < -0.4 is 5.32 Å². The van der Waals surface area contributed by atoms with Gasteiger partial charge in [0.15, 0.2) is 0 Å². The van der Waals surface area contributed by atoms with Crippen molar-refractivity contribution in [3.8, 4) is 0 Å². The molecule has 2 fully saturated rings. The largest absolute Gasteiger partial charge is 0.391 e. The van der Waals surface area contributed by atoms with Crippen LogP contribution in [0.4, 0.5) is 0 Å². The molecule has 4 atom stereocenters. The molecule has 3 rings (SSSR count). The van der Waals surface area contributed by atoms with Gasteiger partial charge in [-0.2, -0.15) is 5.10 Å². The van der Waals surface area contributed by atoms with Crippen LogP contribution in [-0.4, -0.2) is 45.3 Å². The summed E-state index contributed by atoms with van der Waals surface area (Å²) in [6.45, 7) is 5.05. The molecule has 0 amide bonds. The predicted molar refractivity (Wildman–Crippen MR) is 67.2 cm³/mol. The van der Waals surface area contributed by atoms with E-state index in [-0.39, 0.29) is 23.8 Å². The number of aliphatic hydroxyl groups excluding tert-OH is 1. The Bertz CT molecular complexity index is 404. The van der Waals surface area contributed by atoms with Crippen molar-refractivity contribution in [1.82, 2.24) is 15.1 Å². The van der Waals surface area contributed by atoms with Crippen LogP contribution in [0.1, 0.15) is 32.7 Å². The molecule has 0 spiro atoms. The Hall–Kier alpha value is -0.910. The molecule has 5 nitrogen and oxygen atoms in total. The molecule has 2 N–H and O–H groups in total. The second-order valence-corrected chi connectivity index (χ2v) is 5.85. The SMILES string of the molecule is CC1(C)OCCC1N[C@H]1C[C@@H](O)[C@@H]1n1cccn1. The van der Waals surface area contributed by atoms with Crippen molar-refractivity contribution in [2.45, 2.75) is 56.5 Å². The van der Waals surface area contributed by atoms with Gasteiger partial charge in [0.05, 0.1) is 17.7 Å². The Morgan fingerprint density at radius 1 is 1.50 bits per heavy atom. The minimum Gasteiger partial charge on any atom is -0.391 e. The van der Waals surface area contributed by atoms with E-state index in [0.29, 0.717) is 6.04 Å². The molecule has 1 aromatic rings. The van der Waals surface area contributed by atoms with Gasteiger partial charge >= 0.3 is 0 Å². The lowest BCUT2D eigenvalue weighted by Gasteiger charge is -2.44. The normalized spacial score (nSPS) is 38.6. The molecule has 5 heteroatoms. The first kappa shape index (κ1) is 12.1. The molecule has 1 saturated heterocycles. The van der Waals surface area contributed by atoms with Gasteiger partial charge in [-0.1, -0.05) is 0 Å². The zero-order valence-electron chi connectivity index (χ0n) is 10.9. The molecule has 18 heavy (non-hydrogen) atoms. The third-order valence-corrected chi connectivity index (χ3v) is 4.27. The van der Waals surface area contributed by atoms with Crippen LogP contribution in [0.15, 0.2) is 18.5 Å². The van der Waals surface area contributed by atoms with Crippen molar-refractivity contribution < 1.29 is 9.84 Å². The summed E-state index contributed by atoms with van der Waals surface area (Å²) in [5.41, 5.74) is -0.116. The molecule has 1 saturated carbocycles. The van der Waals surface area contributed by atoms with E-state index in [4.69, 9.17) is 4.74 Å². The highest BCUT2D eigenvalue weighted by Gasteiger charge is 2.45. The Balaban J connectivity index is 1.67. The lowest BCUT2D eigenvalue weighted by atomic mass is 9.81. The van der Waals surface area contributed by atoms with Gasteiger partial charge in [0.2, 0.25) is 0 Å². The molecule has 1 unspecified atom stereocenters. The standard InChI is InChI=1S/C13H21N3O2/c1-13(2)11(4-7-18-13)15-9-8-10(17)12(9)16-6-3-5-14-16/h3,5-6,9-12,15,17H,4,7-8H2,1-2H3/t9-,10+,11?,12+/m0/s1. The van der Waals surface area contributed by atoms with E-state index in [1.165, 1.54) is 0 Å². The molecule has 2 heterocycles. The van der Waals surface area contributed by atoms with Gasteiger partial charge in [-0.05, 0) is 32.8 Å². The molecule has 100 valence electrons. The van der Waals surface area contributed by atoms with E-state index in [1.807, 2.05) is 16.9 Å². The van der Waals surface area contributed by atoms with E-state index < -0.39 is 0 Å². The van der Waals surface area contributed by atoms with Gasteiger partial charge in [-0.25, -0.2) is 0 Å². The van der Waals surface area contributed by atoms with Crippen LogP contribution in [0.3, 0.4) is 0 Å². The average Bonchev–Trinajstić information content (AvgIpc) is 2.88. The fourth-order valence-electron chi connectivity index (χ4n) is 3.03. The lowest BCUT2D eigenvalue weighted by molar-refractivity contribution is -0.0283. The second-order valence-electron chi connectivity index (χ2n) is 5.85. The summed E-state index contributed by atoms with van der Waals surface area (Å²) in [5.74, 6) is 0. The summed E-state index contributed by atoms with van der Waals surface area (Å²) in [6, 6.07) is 2.58. The van der Waals surface area contributed by atoms with Gasteiger partial charge in [0.25, 0.3) is 0 Å². The van der Waals surface area contributed by atoms with Crippen molar-refractivity contribution >= 4 is 0 Å². The zero-order chi connectivity index (χ0) is 12.8. The van der Waals surface area contributed by atoms with Gasteiger partial charge in [0, 0.05) is 31.1 Å². The van der Waals surface area contributed by atoms with Gasteiger partial charge in [0.1, 0.15) is 0 Å². The third-order valence-electron chi connectivity index (χ3n) is 4.27. The topological polar surface area (TPSA) is 59.3 Å². The average molecular weight is 251 g/mol. The highest BCUT2D eigenvalue weighted by Crippen LogP contribution is 2.35. The van der Waals surface area contributed by atoms with E-state index in [9.17, 15) is 5.11 Å². The summed E-state index contributed by atoms with van der Waals surface area (Å²) in [4.78, 5) is 0. The Kier molecular flexibility index (Phi) is 2.92. The molecule has 1 aromatic heterocycles. The number of ether oxygens (including phenoxy) is 1. The van der Waals surface area contributed by atoms with Crippen molar-refractivity contribution in [1.29, 1.82) is 0 Å². The first-order chi connectivity index (χ1) is 8.58. The fourth-order valence-corrected chi connectivity index (χ4v) is 3.03. The molecular formula is C13H21N3O2. The maximum absolute atomic E-state index is 9.92. The first-order valence-corrected chi connectivity index (χ1v) is 6.65. The molecule has 1 aliphatic heterocycles. The van der Waals surface area contributed by atoms with Crippen molar-refractivity contribution in [2.75, 3.05) is 6.61 Å². The van der Waals surface area contributed by atoms with Crippen LogP contribution in [0.2, 0.25) is 0 Å². The summed E-state index contributed by atoms with van der Waals surface area (Å²) in [7, 11) is 0. The van der Waals surface area contributed by atoms with Crippen molar-refractivity contribution in [3.05, 3.63) is 18.5 Å². The fraction of sp³-hybridized carbons (Fsp3) is 0.769. The van der Waals surface area contributed by atoms with E-state index in [0.717, 1.165) is 19.4 Å². The Morgan fingerprint density at radius 3 is 2.89 bits per heavy atom. The van der Waals surface area contributed by atoms with Gasteiger partial charge in [-0.3, -0.25) is 4.68 Å². The summed E-state index contributed by atoms with van der Waals surface area (Å²) >= 11 is 0. The van der Waals surface area contributed by atoms with E-state index >= 15 is 0 Å². The predicted octanol–water partition coefficient (Wildman–Crippen LogP) is 0.714. The highest BCUT2D eigenvalue weighted by molar-refractivity contribution is 5.03. The summed E-state index contributed by atoms with van der Waals surface area (Å²) in [5, 5.41) is 17.8. The molecule has 1 aliphatic carbocycles. The van der Waals surface area contributed by atoms with E-state index in [1.54, 1.807) is 6.20 Å². The molecule has 0 radical (unpaired) electrons. The maximum atomic E-state index is 9.92. The summed E-state index contributed by atoms with van der Waals surface area (Å²) in [6.07, 6.45) is 5.19. The number of rotatable bonds is 3. The van der Waals surface area contributed by atoms with Crippen molar-refractivity contribution in [3.63, 3.8) is 0 Å². The second kappa shape index (κ2) is 4.33. The first-order valence-electron chi connectivity index (χ1n) is 6.65. The van der Waals surface area contributed by atoms with Crippen LogP contribution >= 0.6 is 0 Å². The minimum absolute atomic E-state index is 0.0522. The molecule has 2 aliphatic rings. The zero-order valence-corrected chi connectivity index (χ0v) is 10.9. The summed E-state index contributed by atoms with van der Waals surface area (Å²) < 4.78 is 7.58. The van der Waals surface area contributed by atoms with Gasteiger partial charge in [-0.15, -0.1) is 0 Å². The quantitative estimate of drug-likeness (QED) is 0.831.